The smallest absolute Gasteiger partial charge is 0.255 e. The highest BCUT2D eigenvalue weighted by molar-refractivity contribution is 7.89. The van der Waals surface area contributed by atoms with Crippen LogP contribution in [-0.4, -0.2) is 31.7 Å². The molecule has 1 amide bonds. The van der Waals surface area contributed by atoms with Crippen LogP contribution in [0.2, 0.25) is 0 Å². The number of sulfonamides is 1. The van der Waals surface area contributed by atoms with Crippen LogP contribution in [0.1, 0.15) is 30.1 Å². The Bertz CT molecular complexity index is 926. The first-order chi connectivity index (χ1) is 12.8. The average Bonchev–Trinajstić information content (AvgIpc) is 2.65. The van der Waals surface area contributed by atoms with Crippen LogP contribution in [0, 0.1) is 17.6 Å². The second-order valence-electron chi connectivity index (χ2n) is 6.69. The summed E-state index contributed by atoms with van der Waals surface area (Å²) in [5, 5.41) is 2.17. The molecule has 2 aromatic carbocycles. The Kier molecular flexibility index (Phi) is 5.57. The minimum absolute atomic E-state index is 0.0882. The molecule has 3 rings (SSSR count). The van der Waals surface area contributed by atoms with Crippen molar-refractivity contribution >= 4 is 21.6 Å². The number of halogens is 2. The highest BCUT2D eigenvalue weighted by Gasteiger charge is 2.28. The van der Waals surface area contributed by atoms with Gasteiger partial charge in [0.2, 0.25) is 10.0 Å². The third kappa shape index (κ3) is 4.17. The van der Waals surface area contributed by atoms with E-state index in [9.17, 15) is 22.0 Å². The summed E-state index contributed by atoms with van der Waals surface area (Å²) in [6.45, 7) is 2.95. The van der Waals surface area contributed by atoms with Gasteiger partial charge in [-0.1, -0.05) is 13.0 Å². The summed E-state index contributed by atoms with van der Waals surface area (Å²) in [5.74, 6) is -2.20. The van der Waals surface area contributed by atoms with Crippen LogP contribution in [0.25, 0.3) is 0 Å². The monoisotopic (exact) mass is 394 g/mol. The topological polar surface area (TPSA) is 66.5 Å². The number of anilines is 1. The van der Waals surface area contributed by atoms with Crippen molar-refractivity contribution in [2.75, 3.05) is 18.4 Å². The SMILES string of the molecule is CC1CCCN(S(=O)(=O)c2ccc(C(=O)Nc3c(F)cccc3F)cc2)C1. The first-order valence-corrected chi connectivity index (χ1v) is 10.1. The first-order valence-electron chi connectivity index (χ1n) is 8.64. The second kappa shape index (κ2) is 7.74. The normalized spacial score (nSPS) is 18.3. The molecule has 1 fully saturated rings. The van der Waals surface area contributed by atoms with E-state index in [4.69, 9.17) is 0 Å². The van der Waals surface area contributed by atoms with Gasteiger partial charge in [-0.15, -0.1) is 0 Å². The van der Waals surface area contributed by atoms with Crippen molar-refractivity contribution in [3.05, 3.63) is 59.7 Å². The molecule has 144 valence electrons. The molecular weight excluding hydrogens is 374 g/mol. The summed E-state index contributed by atoms with van der Waals surface area (Å²) in [4.78, 5) is 12.3. The van der Waals surface area contributed by atoms with Gasteiger partial charge in [-0.2, -0.15) is 4.31 Å². The van der Waals surface area contributed by atoms with E-state index in [2.05, 4.69) is 5.32 Å². The standard InChI is InChI=1S/C19H20F2N2O3S/c1-13-4-3-11-23(12-13)27(25,26)15-9-7-14(8-10-15)19(24)22-18-16(20)5-2-6-17(18)21/h2,5-10,13H,3-4,11-12H2,1H3,(H,22,24). The number of amides is 1. The number of benzene rings is 2. The number of hydrogen-bond donors (Lipinski definition) is 1. The van der Waals surface area contributed by atoms with Gasteiger partial charge in [-0.25, -0.2) is 17.2 Å². The van der Waals surface area contributed by atoms with Crippen LogP contribution in [-0.2, 0) is 10.0 Å². The number of nitrogens with one attached hydrogen (secondary N) is 1. The molecule has 1 unspecified atom stereocenters. The number of nitrogens with zero attached hydrogens (tertiary/aromatic N) is 1. The molecule has 5 nitrogen and oxygen atoms in total. The molecule has 0 aliphatic carbocycles. The van der Waals surface area contributed by atoms with Gasteiger partial charge < -0.3 is 5.32 Å². The van der Waals surface area contributed by atoms with Crippen molar-refractivity contribution in [1.82, 2.24) is 4.31 Å². The van der Waals surface area contributed by atoms with E-state index in [0.717, 1.165) is 25.0 Å². The molecule has 0 aromatic heterocycles. The summed E-state index contributed by atoms with van der Waals surface area (Å²) in [6, 6.07) is 8.59. The molecule has 1 N–H and O–H groups in total. The third-order valence-electron chi connectivity index (χ3n) is 4.58. The lowest BCUT2D eigenvalue weighted by Gasteiger charge is -2.30. The van der Waals surface area contributed by atoms with E-state index in [1.165, 1.54) is 34.6 Å². The van der Waals surface area contributed by atoms with Crippen molar-refractivity contribution in [2.24, 2.45) is 5.92 Å². The summed E-state index contributed by atoms with van der Waals surface area (Å²) in [7, 11) is -3.63. The van der Waals surface area contributed by atoms with Gasteiger partial charge >= 0.3 is 0 Å². The fourth-order valence-corrected chi connectivity index (χ4v) is 4.69. The fraction of sp³-hybridized carbons (Fsp3) is 0.316. The number of carbonyl (C=O) groups is 1. The van der Waals surface area contributed by atoms with Crippen LogP contribution >= 0.6 is 0 Å². The second-order valence-corrected chi connectivity index (χ2v) is 8.62. The molecule has 1 aliphatic heterocycles. The Morgan fingerprint density at radius 3 is 2.33 bits per heavy atom. The van der Waals surface area contributed by atoms with E-state index in [-0.39, 0.29) is 10.5 Å². The lowest BCUT2D eigenvalue weighted by atomic mass is 10.0. The number of hydrogen-bond acceptors (Lipinski definition) is 3. The zero-order valence-electron chi connectivity index (χ0n) is 14.8. The number of carbonyl (C=O) groups excluding carboxylic acids is 1. The molecule has 0 bridgehead atoms. The molecule has 0 spiro atoms. The van der Waals surface area contributed by atoms with E-state index in [1.807, 2.05) is 6.92 Å². The van der Waals surface area contributed by atoms with Crippen molar-refractivity contribution in [1.29, 1.82) is 0 Å². The van der Waals surface area contributed by atoms with Crippen molar-refractivity contribution in [2.45, 2.75) is 24.7 Å². The summed E-state index contributed by atoms with van der Waals surface area (Å²) in [5.41, 5.74) is -0.440. The van der Waals surface area contributed by atoms with Crippen LogP contribution in [0.3, 0.4) is 0 Å². The van der Waals surface area contributed by atoms with Crippen LogP contribution < -0.4 is 5.32 Å². The maximum absolute atomic E-state index is 13.6. The van der Waals surface area contributed by atoms with Gasteiger partial charge in [0.15, 0.2) is 0 Å². The van der Waals surface area contributed by atoms with E-state index >= 15 is 0 Å². The first kappa shape index (κ1) is 19.4. The lowest BCUT2D eigenvalue weighted by molar-refractivity contribution is 0.102. The largest absolute Gasteiger partial charge is 0.317 e. The van der Waals surface area contributed by atoms with E-state index in [0.29, 0.717) is 19.0 Å². The fourth-order valence-electron chi connectivity index (χ4n) is 3.09. The molecule has 27 heavy (non-hydrogen) atoms. The maximum atomic E-state index is 13.6. The minimum Gasteiger partial charge on any atom is -0.317 e. The molecule has 1 atom stereocenters. The van der Waals surface area contributed by atoms with Crippen molar-refractivity contribution in [3.8, 4) is 0 Å². The van der Waals surface area contributed by atoms with E-state index < -0.39 is 33.3 Å². The van der Waals surface area contributed by atoms with Crippen LogP contribution in [0.15, 0.2) is 47.4 Å². The van der Waals surface area contributed by atoms with Gasteiger partial charge in [0.1, 0.15) is 17.3 Å². The van der Waals surface area contributed by atoms with Crippen LogP contribution in [0.4, 0.5) is 14.5 Å². The quantitative estimate of drug-likeness (QED) is 0.861. The van der Waals surface area contributed by atoms with Gasteiger partial charge in [-0.3, -0.25) is 4.79 Å². The van der Waals surface area contributed by atoms with Crippen molar-refractivity contribution < 1.29 is 22.0 Å². The maximum Gasteiger partial charge on any atom is 0.255 e. The van der Waals surface area contributed by atoms with Crippen molar-refractivity contribution in [3.63, 3.8) is 0 Å². The Morgan fingerprint density at radius 2 is 1.74 bits per heavy atom. The van der Waals surface area contributed by atoms with Gasteiger partial charge in [0, 0.05) is 18.7 Å². The van der Waals surface area contributed by atoms with Gasteiger partial charge in [-0.05, 0) is 55.2 Å². The zero-order valence-corrected chi connectivity index (χ0v) is 15.6. The van der Waals surface area contributed by atoms with Gasteiger partial charge in [0.25, 0.3) is 5.91 Å². The Hall–Kier alpha value is -2.32. The lowest BCUT2D eigenvalue weighted by Crippen LogP contribution is -2.39. The number of para-hydroxylation sites is 1. The molecule has 0 radical (unpaired) electrons. The summed E-state index contributed by atoms with van der Waals surface area (Å²) in [6.07, 6.45) is 1.81. The number of piperidine rings is 1. The Morgan fingerprint density at radius 1 is 1.11 bits per heavy atom. The average molecular weight is 394 g/mol. The van der Waals surface area contributed by atoms with Gasteiger partial charge in [0.05, 0.1) is 4.90 Å². The zero-order chi connectivity index (χ0) is 19.6. The molecule has 1 heterocycles. The minimum atomic E-state index is -3.63. The summed E-state index contributed by atoms with van der Waals surface area (Å²) < 4.78 is 54.2. The predicted molar refractivity (Wildman–Crippen MR) is 97.9 cm³/mol. The highest BCUT2D eigenvalue weighted by atomic mass is 32.2. The van der Waals surface area contributed by atoms with E-state index in [1.54, 1.807) is 0 Å². The Balaban J connectivity index is 1.77. The molecule has 1 saturated heterocycles. The highest BCUT2D eigenvalue weighted by Crippen LogP contribution is 2.24. The third-order valence-corrected chi connectivity index (χ3v) is 6.45. The molecule has 8 heteroatoms. The molecule has 2 aromatic rings. The molecule has 1 aliphatic rings. The molecule has 0 saturated carbocycles. The summed E-state index contributed by atoms with van der Waals surface area (Å²) >= 11 is 0. The molecular formula is C19H20F2N2O3S. The number of rotatable bonds is 4. The van der Waals surface area contributed by atoms with Crippen LogP contribution in [0.5, 0.6) is 0 Å². The Labute approximate surface area is 157 Å². The predicted octanol–water partition coefficient (Wildman–Crippen LogP) is 3.64.